The van der Waals surface area contributed by atoms with E-state index in [1.54, 1.807) is 6.07 Å². The van der Waals surface area contributed by atoms with Crippen LogP contribution in [0, 0.1) is 20.8 Å². The van der Waals surface area contributed by atoms with E-state index in [9.17, 15) is 8.42 Å². The van der Waals surface area contributed by atoms with E-state index >= 15 is 0 Å². The van der Waals surface area contributed by atoms with E-state index < -0.39 is 10.0 Å². The molecule has 2 aromatic rings. The van der Waals surface area contributed by atoms with Crippen molar-refractivity contribution in [1.29, 1.82) is 0 Å². The van der Waals surface area contributed by atoms with Crippen molar-refractivity contribution < 1.29 is 8.42 Å². The van der Waals surface area contributed by atoms with Gasteiger partial charge in [0.25, 0.3) is 0 Å². The summed E-state index contributed by atoms with van der Waals surface area (Å²) < 4.78 is 28.2. The molecule has 3 nitrogen and oxygen atoms in total. The lowest BCUT2D eigenvalue weighted by Gasteiger charge is -2.19. The van der Waals surface area contributed by atoms with E-state index in [2.05, 4.69) is 4.72 Å². The molecule has 0 spiro atoms. The van der Waals surface area contributed by atoms with Crippen molar-refractivity contribution in [2.24, 2.45) is 0 Å². The second-order valence-corrected chi connectivity index (χ2v) is 7.44. The molecule has 1 atom stereocenters. The van der Waals surface area contributed by atoms with Gasteiger partial charge in [0.2, 0.25) is 10.0 Å². The monoisotopic (exact) mass is 317 g/mol. The average Bonchev–Trinajstić information content (AvgIpc) is 2.48. The molecule has 0 heterocycles. The van der Waals surface area contributed by atoms with Gasteiger partial charge in [-0.05, 0) is 49.9 Å². The topological polar surface area (TPSA) is 46.2 Å². The second kappa shape index (κ2) is 6.63. The van der Waals surface area contributed by atoms with Crippen molar-refractivity contribution in [1.82, 2.24) is 4.72 Å². The number of aryl methyl sites for hydroxylation is 3. The first kappa shape index (κ1) is 16.7. The number of hydrogen-bond donors (Lipinski definition) is 1. The Morgan fingerprint density at radius 3 is 2.14 bits per heavy atom. The summed E-state index contributed by atoms with van der Waals surface area (Å²) in [5, 5.41) is 0. The highest BCUT2D eigenvalue weighted by Crippen LogP contribution is 2.23. The molecule has 0 aromatic heterocycles. The van der Waals surface area contributed by atoms with Crippen molar-refractivity contribution in [3.8, 4) is 0 Å². The number of rotatable bonds is 5. The summed E-state index contributed by atoms with van der Waals surface area (Å²) in [6, 6.07) is 13.2. The zero-order valence-corrected chi connectivity index (χ0v) is 14.4. The molecule has 2 aromatic carbocycles. The fourth-order valence-corrected chi connectivity index (χ4v) is 4.07. The van der Waals surface area contributed by atoms with Gasteiger partial charge in [0.15, 0.2) is 0 Å². The first-order chi connectivity index (χ1) is 10.3. The fourth-order valence-electron chi connectivity index (χ4n) is 2.43. The number of benzene rings is 2. The van der Waals surface area contributed by atoms with Gasteiger partial charge in [-0.3, -0.25) is 0 Å². The molecule has 0 saturated heterocycles. The van der Waals surface area contributed by atoms with Gasteiger partial charge in [0.1, 0.15) is 0 Å². The Balaban J connectivity index is 2.33. The summed E-state index contributed by atoms with van der Waals surface area (Å²) in [5.41, 5.74) is 3.85. The van der Waals surface area contributed by atoms with Crippen LogP contribution in [0.15, 0.2) is 47.4 Å². The van der Waals surface area contributed by atoms with Crippen LogP contribution in [0.25, 0.3) is 0 Å². The standard InChI is InChI=1S/C18H23NO2S/c1-5-17(16-10-7-13(2)8-11-16)19-22(20,21)18-12-14(3)6-9-15(18)4/h6-12,17,19H,5H2,1-4H3. The molecular formula is C18H23NO2S. The van der Waals surface area contributed by atoms with E-state index in [4.69, 9.17) is 0 Å². The third-order valence-electron chi connectivity index (χ3n) is 3.82. The summed E-state index contributed by atoms with van der Waals surface area (Å²) in [4.78, 5) is 0.359. The Labute approximate surface area is 133 Å². The molecule has 4 heteroatoms. The van der Waals surface area contributed by atoms with Crippen LogP contribution in [0.3, 0.4) is 0 Å². The molecule has 0 saturated carbocycles. The summed E-state index contributed by atoms with van der Waals surface area (Å²) in [5.74, 6) is 0. The Bertz CT molecular complexity index is 749. The predicted molar refractivity (Wildman–Crippen MR) is 90.4 cm³/mol. The lowest BCUT2D eigenvalue weighted by Crippen LogP contribution is -2.29. The molecule has 1 unspecified atom stereocenters. The third kappa shape index (κ3) is 3.76. The fraction of sp³-hybridized carbons (Fsp3) is 0.333. The summed E-state index contributed by atoms with van der Waals surface area (Å²) in [7, 11) is -3.53. The molecule has 0 fully saturated rings. The van der Waals surface area contributed by atoms with Crippen LogP contribution in [-0.4, -0.2) is 8.42 Å². The zero-order valence-electron chi connectivity index (χ0n) is 13.6. The number of hydrogen-bond acceptors (Lipinski definition) is 2. The predicted octanol–water partition coefficient (Wildman–Crippen LogP) is 4.04. The van der Waals surface area contributed by atoms with Crippen LogP contribution in [-0.2, 0) is 10.0 Å². The van der Waals surface area contributed by atoms with Crippen molar-refractivity contribution in [2.75, 3.05) is 0 Å². The molecule has 0 aliphatic rings. The third-order valence-corrected chi connectivity index (χ3v) is 5.43. The smallest absolute Gasteiger partial charge is 0.207 e. The minimum absolute atomic E-state index is 0.217. The lowest BCUT2D eigenvalue weighted by molar-refractivity contribution is 0.549. The highest BCUT2D eigenvalue weighted by molar-refractivity contribution is 7.89. The molecule has 0 bridgehead atoms. The summed E-state index contributed by atoms with van der Waals surface area (Å²) in [6.07, 6.45) is 0.702. The second-order valence-electron chi connectivity index (χ2n) is 5.76. The van der Waals surface area contributed by atoms with E-state index in [0.717, 1.165) is 22.3 Å². The van der Waals surface area contributed by atoms with Crippen LogP contribution in [0.2, 0.25) is 0 Å². The molecular weight excluding hydrogens is 294 g/mol. The summed E-state index contributed by atoms with van der Waals surface area (Å²) in [6.45, 7) is 7.72. The van der Waals surface area contributed by atoms with Crippen LogP contribution in [0.5, 0.6) is 0 Å². The molecule has 0 amide bonds. The van der Waals surface area contributed by atoms with Gasteiger partial charge in [0, 0.05) is 6.04 Å². The van der Waals surface area contributed by atoms with Gasteiger partial charge in [-0.2, -0.15) is 0 Å². The maximum atomic E-state index is 12.7. The van der Waals surface area contributed by atoms with Crippen molar-refractivity contribution in [2.45, 2.75) is 45.1 Å². The van der Waals surface area contributed by atoms with Gasteiger partial charge in [-0.1, -0.05) is 48.9 Å². The van der Waals surface area contributed by atoms with Gasteiger partial charge in [-0.25, -0.2) is 13.1 Å². The zero-order chi connectivity index (χ0) is 16.3. The Hall–Kier alpha value is -1.65. The minimum Gasteiger partial charge on any atom is -0.207 e. The Kier molecular flexibility index (Phi) is 5.04. The largest absolute Gasteiger partial charge is 0.241 e. The molecule has 2 rings (SSSR count). The highest BCUT2D eigenvalue weighted by Gasteiger charge is 2.22. The molecule has 1 N–H and O–H groups in total. The maximum Gasteiger partial charge on any atom is 0.241 e. The lowest BCUT2D eigenvalue weighted by atomic mass is 10.0. The van der Waals surface area contributed by atoms with Crippen molar-refractivity contribution in [3.63, 3.8) is 0 Å². The van der Waals surface area contributed by atoms with Crippen molar-refractivity contribution in [3.05, 3.63) is 64.7 Å². The Morgan fingerprint density at radius 1 is 0.955 bits per heavy atom. The van der Waals surface area contributed by atoms with Crippen molar-refractivity contribution >= 4 is 10.0 Å². The molecule has 0 aliphatic carbocycles. The molecule has 0 aliphatic heterocycles. The molecule has 22 heavy (non-hydrogen) atoms. The normalized spacial score (nSPS) is 13.1. The summed E-state index contributed by atoms with van der Waals surface area (Å²) >= 11 is 0. The highest BCUT2D eigenvalue weighted by atomic mass is 32.2. The first-order valence-corrected chi connectivity index (χ1v) is 8.98. The molecule has 118 valence electrons. The Morgan fingerprint density at radius 2 is 1.55 bits per heavy atom. The maximum absolute atomic E-state index is 12.7. The van der Waals surface area contributed by atoms with Gasteiger partial charge in [0.05, 0.1) is 4.90 Å². The first-order valence-electron chi connectivity index (χ1n) is 7.49. The number of nitrogens with one attached hydrogen (secondary N) is 1. The van der Waals surface area contributed by atoms with Crippen LogP contribution in [0.1, 0.15) is 41.6 Å². The van der Waals surface area contributed by atoms with E-state index in [1.807, 2.05) is 64.1 Å². The SMILES string of the molecule is CCC(NS(=O)(=O)c1cc(C)ccc1C)c1ccc(C)cc1. The quantitative estimate of drug-likeness (QED) is 0.904. The van der Waals surface area contributed by atoms with E-state index in [1.165, 1.54) is 0 Å². The van der Waals surface area contributed by atoms with E-state index in [-0.39, 0.29) is 6.04 Å². The van der Waals surface area contributed by atoms with Gasteiger partial charge < -0.3 is 0 Å². The minimum atomic E-state index is -3.53. The van der Waals surface area contributed by atoms with Gasteiger partial charge in [-0.15, -0.1) is 0 Å². The van der Waals surface area contributed by atoms with Gasteiger partial charge >= 0.3 is 0 Å². The molecule has 0 radical (unpaired) electrons. The van der Waals surface area contributed by atoms with Crippen LogP contribution in [0.4, 0.5) is 0 Å². The van der Waals surface area contributed by atoms with Crippen LogP contribution >= 0.6 is 0 Å². The van der Waals surface area contributed by atoms with Crippen LogP contribution < -0.4 is 4.72 Å². The van der Waals surface area contributed by atoms with E-state index in [0.29, 0.717) is 11.3 Å². The average molecular weight is 317 g/mol. The number of sulfonamides is 1.